The van der Waals surface area contributed by atoms with E-state index in [0.29, 0.717) is 19.1 Å². The first kappa shape index (κ1) is 24.4. The number of aliphatic hydroxyl groups is 1. The van der Waals surface area contributed by atoms with Gasteiger partial charge in [-0.3, -0.25) is 9.79 Å². The number of aliphatic imine (C=N–C) groups is 1. The molecule has 0 atom stereocenters. The second-order valence-electron chi connectivity index (χ2n) is 6.38. The van der Waals surface area contributed by atoms with Gasteiger partial charge in [-0.25, -0.2) is 0 Å². The highest BCUT2D eigenvalue weighted by Crippen LogP contribution is 2.18. The minimum atomic E-state index is -0.128. The highest BCUT2D eigenvalue weighted by molar-refractivity contribution is 14.0. The highest BCUT2D eigenvalue weighted by atomic mass is 127. The molecule has 1 aliphatic carbocycles. The third kappa shape index (κ3) is 12.4. The van der Waals surface area contributed by atoms with Crippen molar-refractivity contribution in [3.63, 3.8) is 0 Å². The van der Waals surface area contributed by atoms with E-state index in [1.54, 1.807) is 0 Å². The van der Waals surface area contributed by atoms with Crippen molar-refractivity contribution in [2.75, 3.05) is 19.7 Å². The molecule has 0 aromatic rings. The molecular weight excluding hydrogens is 433 g/mol. The average molecular weight is 469 g/mol. The number of ether oxygens (including phenoxy) is 1. The topological polar surface area (TPSA) is 83.0 Å². The number of rotatable bonds is 10. The Bertz CT molecular complexity index is 373. The Morgan fingerprint density at radius 3 is 2.44 bits per heavy atom. The molecule has 148 valence electrons. The zero-order chi connectivity index (χ0) is 17.6. The predicted octanol–water partition coefficient (Wildman–Crippen LogP) is 2.98. The van der Waals surface area contributed by atoms with Crippen LogP contribution in [0.25, 0.3) is 0 Å². The minimum absolute atomic E-state index is 0. The Kier molecular flexibility index (Phi) is 15.3. The lowest BCUT2D eigenvalue weighted by atomic mass is 9.93. The van der Waals surface area contributed by atoms with Crippen molar-refractivity contribution in [3.05, 3.63) is 0 Å². The zero-order valence-corrected chi connectivity index (χ0v) is 18.1. The van der Waals surface area contributed by atoms with Gasteiger partial charge in [0, 0.05) is 25.6 Å². The summed E-state index contributed by atoms with van der Waals surface area (Å²) in [5.74, 6) is 0.789. The number of halogens is 1. The Morgan fingerprint density at radius 2 is 1.80 bits per heavy atom. The number of aliphatic hydroxyl groups excluding tert-OH is 1. The van der Waals surface area contributed by atoms with Crippen LogP contribution in [0.1, 0.15) is 71.6 Å². The summed E-state index contributed by atoms with van der Waals surface area (Å²) >= 11 is 0. The SMILES string of the molecule is CCNC(=NCCCCCCC(=O)OCC)NC1CCC(O)CC1.I. The number of nitrogens with one attached hydrogen (secondary N) is 2. The number of esters is 1. The maximum atomic E-state index is 11.2. The lowest BCUT2D eigenvalue weighted by molar-refractivity contribution is -0.143. The van der Waals surface area contributed by atoms with Crippen molar-refractivity contribution in [1.29, 1.82) is 0 Å². The minimum Gasteiger partial charge on any atom is -0.466 e. The molecule has 6 nitrogen and oxygen atoms in total. The number of carbonyl (C=O) groups is 1. The molecule has 0 aliphatic heterocycles. The summed E-state index contributed by atoms with van der Waals surface area (Å²) in [6.45, 7) is 6.01. The lowest BCUT2D eigenvalue weighted by Crippen LogP contribution is -2.45. The van der Waals surface area contributed by atoms with Crippen LogP contribution < -0.4 is 10.6 Å². The molecule has 1 saturated carbocycles. The Morgan fingerprint density at radius 1 is 1.12 bits per heavy atom. The zero-order valence-electron chi connectivity index (χ0n) is 15.8. The summed E-state index contributed by atoms with van der Waals surface area (Å²) in [7, 11) is 0. The standard InChI is InChI=1S/C18H35N3O3.HI/c1-3-19-18(21-15-10-12-16(22)13-11-15)20-14-8-6-5-7-9-17(23)24-4-2;/h15-16,22H,3-14H2,1-2H3,(H2,19,20,21);1H. The summed E-state index contributed by atoms with van der Waals surface area (Å²) in [5, 5.41) is 16.3. The molecule has 0 bridgehead atoms. The van der Waals surface area contributed by atoms with Gasteiger partial charge in [-0.2, -0.15) is 0 Å². The van der Waals surface area contributed by atoms with Gasteiger partial charge in [0.2, 0.25) is 0 Å². The van der Waals surface area contributed by atoms with E-state index >= 15 is 0 Å². The molecule has 1 aliphatic rings. The number of hydrogen-bond acceptors (Lipinski definition) is 4. The van der Waals surface area contributed by atoms with Crippen molar-refractivity contribution < 1.29 is 14.6 Å². The molecule has 1 fully saturated rings. The van der Waals surface area contributed by atoms with Crippen LogP contribution in [0.15, 0.2) is 4.99 Å². The van der Waals surface area contributed by atoms with Gasteiger partial charge in [0.1, 0.15) is 0 Å². The van der Waals surface area contributed by atoms with Gasteiger partial charge in [0.05, 0.1) is 12.7 Å². The van der Waals surface area contributed by atoms with Crippen LogP contribution in [0.5, 0.6) is 0 Å². The van der Waals surface area contributed by atoms with E-state index in [0.717, 1.165) is 70.4 Å². The molecule has 0 amide bonds. The van der Waals surface area contributed by atoms with Gasteiger partial charge in [-0.15, -0.1) is 24.0 Å². The van der Waals surface area contributed by atoms with Crippen LogP contribution in [-0.2, 0) is 9.53 Å². The van der Waals surface area contributed by atoms with E-state index in [2.05, 4.69) is 22.5 Å². The molecule has 25 heavy (non-hydrogen) atoms. The third-order valence-corrected chi connectivity index (χ3v) is 4.25. The molecule has 7 heteroatoms. The number of carbonyl (C=O) groups excluding carboxylic acids is 1. The molecule has 0 unspecified atom stereocenters. The van der Waals surface area contributed by atoms with Crippen molar-refractivity contribution >= 4 is 35.9 Å². The summed E-state index contributed by atoms with van der Waals surface area (Å²) in [6, 6.07) is 0.413. The third-order valence-electron chi connectivity index (χ3n) is 4.25. The molecule has 0 saturated heterocycles. The van der Waals surface area contributed by atoms with Gasteiger partial charge < -0.3 is 20.5 Å². The van der Waals surface area contributed by atoms with Gasteiger partial charge >= 0.3 is 5.97 Å². The molecule has 0 spiro atoms. The van der Waals surface area contributed by atoms with Crippen LogP contribution >= 0.6 is 24.0 Å². The maximum Gasteiger partial charge on any atom is 0.305 e. The summed E-state index contributed by atoms with van der Waals surface area (Å²) in [4.78, 5) is 15.9. The average Bonchev–Trinajstić information content (AvgIpc) is 2.56. The van der Waals surface area contributed by atoms with E-state index in [-0.39, 0.29) is 36.0 Å². The first-order chi connectivity index (χ1) is 11.7. The van der Waals surface area contributed by atoms with E-state index in [4.69, 9.17) is 4.74 Å². The fraction of sp³-hybridized carbons (Fsp3) is 0.889. The predicted molar refractivity (Wildman–Crippen MR) is 113 cm³/mol. The van der Waals surface area contributed by atoms with Gasteiger partial charge in [0.25, 0.3) is 0 Å². The fourth-order valence-electron chi connectivity index (χ4n) is 2.89. The number of unbranched alkanes of at least 4 members (excludes halogenated alkanes) is 3. The maximum absolute atomic E-state index is 11.2. The van der Waals surface area contributed by atoms with Gasteiger partial charge in [-0.1, -0.05) is 12.8 Å². The summed E-state index contributed by atoms with van der Waals surface area (Å²) < 4.78 is 4.91. The summed E-state index contributed by atoms with van der Waals surface area (Å²) in [5.41, 5.74) is 0. The molecule has 1 rings (SSSR count). The van der Waals surface area contributed by atoms with Gasteiger partial charge in [0.15, 0.2) is 5.96 Å². The number of hydrogen-bond donors (Lipinski definition) is 3. The van der Waals surface area contributed by atoms with Crippen LogP contribution in [0.4, 0.5) is 0 Å². The largest absolute Gasteiger partial charge is 0.466 e. The molecular formula is C18H36IN3O3. The first-order valence-corrected chi connectivity index (χ1v) is 9.54. The molecule has 3 N–H and O–H groups in total. The van der Waals surface area contributed by atoms with Crippen molar-refractivity contribution in [2.45, 2.75) is 83.8 Å². The molecule has 0 radical (unpaired) electrons. The molecule has 0 aromatic heterocycles. The lowest BCUT2D eigenvalue weighted by Gasteiger charge is -2.27. The second-order valence-corrected chi connectivity index (χ2v) is 6.38. The number of nitrogens with zero attached hydrogens (tertiary/aromatic N) is 1. The van der Waals surface area contributed by atoms with Crippen LogP contribution in [0, 0.1) is 0 Å². The Balaban J connectivity index is 0.00000576. The van der Waals surface area contributed by atoms with Crippen LogP contribution in [-0.4, -0.2) is 48.9 Å². The quantitative estimate of drug-likeness (QED) is 0.151. The van der Waals surface area contributed by atoms with E-state index in [1.807, 2.05) is 6.92 Å². The van der Waals surface area contributed by atoms with Crippen molar-refractivity contribution in [3.8, 4) is 0 Å². The Hall–Kier alpha value is -0.570. The van der Waals surface area contributed by atoms with E-state index in [9.17, 15) is 9.90 Å². The van der Waals surface area contributed by atoms with E-state index in [1.165, 1.54) is 0 Å². The first-order valence-electron chi connectivity index (χ1n) is 9.54. The fourth-order valence-corrected chi connectivity index (χ4v) is 2.89. The van der Waals surface area contributed by atoms with Crippen LogP contribution in [0.2, 0.25) is 0 Å². The normalized spacial score (nSPS) is 20.5. The second kappa shape index (κ2) is 15.7. The Labute approximate surface area is 169 Å². The summed E-state index contributed by atoms with van der Waals surface area (Å²) in [6.07, 6.45) is 8.19. The van der Waals surface area contributed by atoms with Gasteiger partial charge in [-0.05, 0) is 52.4 Å². The van der Waals surface area contributed by atoms with Crippen molar-refractivity contribution in [1.82, 2.24) is 10.6 Å². The van der Waals surface area contributed by atoms with Crippen LogP contribution in [0.3, 0.4) is 0 Å². The monoisotopic (exact) mass is 469 g/mol. The van der Waals surface area contributed by atoms with Crippen molar-refractivity contribution in [2.24, 2.45) is 4.99 Å². The molecule has 0 heterocycles. The number of guanidine groups is 1. The molecule has 0 aromatic carbocycles. The highest BCUT2D eigenvalue weighted by Gasteiger charge is 2.19. The smallest absolute Gasteiger partial charge is 0.305 e. The van der Waals surface area contributed by atoms with E-state index < -0.39 is 0 Å².